The summed E-state index contributed by atoms with van der Waals surface area (Å²) in [6.07, 6.45) is 5.34. The number of aromatic nitrogens is 1. The van der Waals surface area contributed by atoms with E-state index in [4.69, 9.17) is 4.18 Å². The quantitative estimate of drug-likeness (QED) is 0.791. The van der Waals surface area contributed by atoms with E-state index in [9.17, 15) is 8.42 Å². The Morgan fingerprint density at radius 2 is 2.09 bits per heavy atom. The van der Waals surface area contributed by atoms with Crippen LogP contribution in [0.5, 0.6) is 0 Å². The predicted molar refractivity (Wildman–Crippen MR) is 87.1 cm³/mol. The van der Waals surface area contributed by atoms with Crippen molar-refractivity contribution < 1.29 is 12.6 Å². The predicted octanol–water partition coefficient (Wildman–Crippen LogP) is 2.12. The first-order valence-corrected chi connectivity index (χ1v) is 9.37. The molecule has 2 aromatic rings. The molecular weight excluding hydrogens is 300 g/mol. The molecule has 3 rings (SSSR count). The van der Waals surface area contributed by atoms with Gasteiger partial charge in [-0.1, -0.05) is 18.2 Å². The summed E-state index contributed by atoms with van der Waals surface area (Å²) in [7, 11) is -1.31. The van der Waals surface area contributed by atoms with Crippen molar-refractivity contribution in [2.75, 3.05) is 19.4 Å². The number of aryl methyl sites for hydroxylation is 1. The number of likely N-dealkylation sites (tertiary alicyclic amines) is 1. The highest BCUT2D eigenvalue weighted by Gasteiger charge is 2.26. The number of benzene rings is 1. The Morgan fingerprint density at radius 3 is 2.86 bits per heavy atom. The molecule has 120 valence electrons. The molecule has 0 radical (unpaired) electrons. The Bertz CT molecular complexity index is 767. The highest BCUT2D eigenvalue weighted by atomic mass is 32.2. The Hall–Kier alpha value is -1.37. The molecule has 0 N–H and O–H groups in total. The Balaban J connectivity index is 1.76. The zero-order valence-electron chi connectivity index (χ0n) is 13.0. The van der Waals surface area contributed by atoms with Crippen LogP contribution in [0.15, 0.2) is 30.5 Å². The molecule has 1 aromatic carbocycles. The molecule has 22 heavy (non-hydrogen) atoms. The largest absolute Gasteiger partial charge is 0.350 e. The van der Waals surface area contributed by atoms with Crippen LogP contribution in [0.3, 0.4) is 0 Å². The Morgan fingerprint density at radius 1 is 1.32 bits per heavy atom. The summed E-state index contributed by atoms with van der Waals surface area (Å²) >= 11 is 0. The lowest BCUT2D eigenvalue weighted by atomic mass is 10.1. The normalized spacial score (nSPS) is 20.0. The first kappa shape index (κ1) is 15.5. The molecule has 0 saturated carbocycles. The molecular formula is C16H22N2O3S. The monoisotopic (exact) mass is 322 g/mol. The van der Waals surface area contributed by atoms with E-state index in [1.54, 1.807) is 0 Å². The third-order valence-electron chi connectivity index (χ3n) is 4.33. The smallest absolute Gasteiger partial charge is 0.264 e. The van der Waals surface area contributed by atoms with Crippen LogP contribution in [0.2, 0.25) is 0 Å². The Labute approximate surface area is 131 Å². The second-order valence-corrected chi connectivity index (χ2v) is 7.68. The van der Waals surface area contributed by atoms with Crippen molar-refractivity contribution in [2.45, 2.75) is 25.4 Å². The fourth-order valence-corrected chi connectivity index (χ4v) is 3.67. The van der Waals surface area contributed by atoms with Gasteiger partial charge in [-0.3, -0.25) is 9.08 Å². The van der Waals surface area contributed by atoms with Crippen LogP contribution in [-0.4, -0.2) is 43.3 Å². The molecule has 1 fully saturated rings. The molecule has 1 saturated heterocycles. The van der Waals surface area contributed by atoms with Gasteiger partial charge in [0.2, 0.25) is 0 Å². The number of nitrogens with zero attached hydrogens (tertiary/aromatic N) is 2. The second kappa shape index (κ2) is 6.02. The lowest BCUT2D eigenvalue weighted by Crippen LogP contribution is -2.33. The number of fused-ring (bicyclic) bond motifs is 1. The lowest BCUT2D eigenvalue weighted by Gasteiger charge is -2.23. The van der Waals surface area contributed by atoms with Crippen LogP contribution in [0.4, 0.5) is 0 Å². The van der Waals surface area contributed by atoms with Gasteiger partial charge in [0, 0.05) is 36.7 Å². The Kier molecular flexibility index (Phi) is 4.25. The summed E-state index contributed by atoms with van der Waals surface area (Å²) < 4.78 is 29.5. The van der Waals surface area contributed by atoms with Gasteiger partial charge in [-0.25, -0.2) is 0 Å². The van der Waals surface area contributed by atoms with Crippen LogP contribution in [0.25, 0.3) is 10.9 Å². The minimum atomic E-state index is -3.37. The van der Waals surface area contributed by atoms with E-state index in [2.05, 4.69) is 40.9 Å². The van der Waals surface area contributed by atoms with Gasteiger partial charge in [0.15, 0.2) is 0 Å². The minimum Gasteiger partial charge on any atom is -0.350 e. The van der Waals surface area contributed by atoms with E-state index in [0.29, 0.717) is 0 Å². The second-order valence-electron chi connectivity index (χ2n) is 6.04. The van der Waals surface area contributed by atoms with Crippen LogP contribution in [-0.2, 0) is 27.9 Å². The van der Waals surface area contributed by atoms with E-state index in [1.807, 2.05) is 6.07 Å². The van der Waals surface area contributed by atoms with Crippen molar-refractivity contribution in [1.82, 2.24) is 9.47 Å². The van der Waals surface area contributed by atoms with Crippen LogP contribution in [0, 0.1) is 0 Å². The zero-order valence-corrected chi connectivity index (χ0v) is 13.8. The van der Waals surface area contributed by atoms with Crippen LogP contribution >= 0.6 is 0 Å². The van der Waals surface area contributed by atoms with Gasteiger partial charge in [0.05, 0.1) is 12.9 Å². The van der Waals surface area contributed by atoms with Gasteiger partial charge in [-0.15, -0.1) is 0 Å². The van der Waals surface area contributed by atoms with E-state index < -0.39 is 10.1 Å². The van der Waals surface area contributed by atoms with Crippen LogP contribution < -0.4 is 0 Å². The molecule has 1 aromatic heterocycles. The summed E-state index contributed by atoms with van der Waals surface area (Å²) in [5.74, 6) is 0. The van der Waals surface area contributed by atoms with Crippen molar-refractivity contribution >= 4 is 21.0 Å². The van der Waals surface area contributed by atoms with E-state index in [1.165, 1.54) is 16.5 Å². The molecule has 0 amide bonds. The fraction of sp³-hybridized carbons (Fsp3) is 0.500. The van der Waals surface area contributed by atoms with Crippen molar-refractivity contribution in [1.29, 1.82) is 0 Å². The third kappa shape index (κ3) is 3.34. The van der Waals surface area contributed by atoms with E-state index in [-0.39, 0.29) is 12.6 Å². The summed E-state index contributed by atoms with van der Waals surface area (Å²) in [5.41, 5.74) is 2.50. The molecule has 1 unspecified atom stereocenters. The number of hydrogen-bond acceptors (Lipinski definition) is 4. The SMILES string of the molecule is Cn1cc(CN2CCCC2COS(C)(=O)=O)c2ccccc21. The lowest BCUT2D eigenvalue weighted by molar-refractivity contribution is 0.172. The maximum atomic E-state index is 11.2. The molecule has 0 aliphatic carbocycles. The molecule has 1 atom stereocenters. The molecule has 6 heteroatoms. The van der Waals surface area contributed by atoms with Gasteiger partial charge in [0.1, 0.15) is 0 Å². The number of hydrogen-bond donors (Lipinski definition) is 0. The third-order valence-corrected chi connectivity index (χ3v) is 4.89. The standard InChI is InChI=1S/C16H22N2O3S/c1-17-10-13(15-7-3-4-8-16(15)17)11-18-9-5-6-14(18)12-21-22(2,19)20/h3-4,7-8,10,14H,5-6,9,11-12H2,1-2H3. The molecule has 2 heterocycles. The van der Waals surface area contributed by atoms with Crippen LogP contribution in [0.1, 0.15) is 18.4 Å². The molecule has 0 bridgehead atoms. The number of para-hydroxylation sites is 1. The van der Waals surface area contributed by atoms with E-state index in [0.717, 1.165) is 32.2 Å². The molecule has 1 aliphatic heterocycles. The highest BCUT2D eigenvalue weighted by molar-refractivity contribution is 7.85. The number of rotatable bonds is 5. The van der Waals surface area contributed by atoms with Gasteiger partial charge < -0.3 is 4.57 Å². The average Bonchev–Trinajstić information content (AvgIpc) is 3.02. The minimum absolute atomic E-state index is 0.175. The highest BCUT2D eigenvalue weighted by Crippen LogP contribution is 2.26. The maximum absolute atomic E-state index is 11.2. The van der Waals surface area contributed by atoms with Crippen molar-refractivity contribution in [3.8, 4) is 0 Å². The maximum Gasteiger partial charge on any atom is 0.264 e. The summed E-state index contributed by atoms with van der Waals surface area (Å²) in [5, 5.41) is 1.26. The summed E-state index contributed by atoms with van der Waals surface area (Å²) in [6, 6.07) is 8.54. The van der Waals surface area contributed by atoms with Crippen molar-refractivity contribution in [3.05, 3.63) is 36.0 Å². The van der Waals surface area contributed by atoms with Crippen molar-refractivity contribution in [2.24, 2.45) is 7.05 Å². The van der Waals surface area contributed by atoms with Crippen molar-refractivity contribution in [3.63, 3.8) is 0 Å². The first-order valence-electron chi connectivity index (χ1n) is 7.55. The fourth-order valence-electron chi connectivity index (χ4n) is 3.26. The van der Waals surface area contributed by atoms with Gasteiger partial charge >= 0.3 is 0 Å². The van der Waals surface area contributed by atoms with Gasteiger partial charge in [0.25, 0.3) is 10.1 Å². The van der Waals surface area contributed by atoms with Gasteiger partial charge in [-0.2, -0.15) is 8.42 Å². The molecule has 0 spiro atoms. The molecule has 5 nitrogen and oxygen atoms in total. The molecule has 1 aliphatic rings. The first-order chi connectivity index (χ1) is 10.4. The summed E-state index contributed by atoms with van der Waals surface area (Å²) in [6.45, 7) is 2.07. The van der Waals surface area contributed by atoms with Gasteiger partial charge in [-0.05, 0) is 31.0 Å². The topological polar surface area (TPSA) is 51.5 Å². The average molecular weight is 322 g/mol. The summed E-state index contributed by atoms with van der Waals surface area (Å²) in [4.78, 5) is 2.33. The zero-order chi connectivity index (χ0) is 15.7. The van der Waals surface area contributed by atoms with E-state index >= 15 is 0 Å².